The predicted molar refractivity (Wildman–Crippen MR) is 308 cm³/mol. The molecule has 73 heavy (non-hydrogen) atoms. The number of pyridine rings is 1. The zero-order chi connectivity index (χ0) is 54.8. The molecule has 1 radical (unpaired) electrons. The van der Waals surface area contributed by atoms with Crippen LogP contribution in [0.4, 0.5) is 0 Å². The van der Waals surface area contributed by atoms with Gasteiger partial charge >= 0.3 is 0 Å². The molecule has 0 aliphatic rings. The topological polar surface area (TPSA) is 43.9 Å². The maximum Gasteiger partial charge on any atom is 0.121 e. The van der Waals surface area contributed by atoms with Crippen LogP contribution in [0.2, 0.25) is 19.6 Å². The van der Waals surface area contributed by atoms with Crippen LogP contribution in [-0.4, -0.2) is 22.6 Å². The molecule has 0 unspecified atom stereocenters. The average molecular weight is 1150 g/mol. The van der Waals surface area contributed by atoms with E-state index in [1.165, 1.54) is 16.0 Å². The zero-order valence-electron chi connectivity index (χ0n) is 48.1. The maximum absolute atomic E-state index is 8.65. The summed E-state index contributed by atoms with van der Waals surface area (Å²) in [5.74, 6) is 0.840. The van der Waals surface area contributed by atoms with Crippen molar-refractivity contribution in [1.29, 1.82) is 0 Å². The molecule has 0 spiro atoms. The molecule has 9 aromatic carbocycles. The second-order valence-corrected chi connectivity index (χ2v) is 25.5. The number of hydrogen-bond donors (Lipinski definition) is 0. The number of furan rings is 1. The van der Waals surface area contributed by atoms with Gasteiger partial charge in [0.2, 0.25) is 0 Å². The van der Waals surface area contributed by atoms with Gasteiger partial charge in [0, 0.05) is 45.6 Å². The summed E-state index contributed by atoms with van der Waals surface area (Å²) >= 11 is 0. The Morgan fingerprint density at radius 2 is 1.30 bits per heavy atom. The van der Waals surface area contributed by atoms with Crippen molar-refractivity contribution in [3.8, 4) is 50.6 Å². The molecule has 0 N–H and O–H groups in total. The monoisotopic (exact) mass is 1150 g/mol. The van der Waals surface area contributed by atoms with Crippen molar-refractivity contribution >= 4 is 67.8 Å². The smallest absolute Gasteiger partial charge is 0.121 e. The van der Waals surface area contributed by atoms with Crippen LogP contribution in [0.15, 0.2) is 187 Å². The van der Waals surface area contributed by atoms with E-state index in [9.17, 15) is 0 Å². The van der Waals surface area contributed by atoms with E-state index in [4.69, 9.17) is 17.6 Å². The molecular formula is C67H59IrN3OSi-2. The molecule has 0 saturated carbocycles. The summed E-state index contributed by atoms with van der Waals surface area (Å²) in [6.45, 7) is 11.1. The van der Waals surface area contributed by atoms with Crippen LogP contribution in [0.1, 0.15) is 70.0 Å². The Morgan fingerprint density at radius 3 is 1.99 bits per heavy atom. The number of rotatable bonds is 8. The van der Waals surface area contributed by atoms with Gasteiger partial charge in [0.1, 0.15) is 5.58 Å². The van der Waals surface area contributed by atoms with Crippen LogP contribution in [0.3, 0.4) is 0 Å². The summed E-state index contributed by atoms with van der Waals surface area (Å²) in [4.78, 5) is 9.86. The van der Waals surface area contributed by atoms with E-state index in [-0.39, 0.29) is 37.5 Å². The minimum atomic E-state index is -2.37. The Balaban J connectivity index is 0.000000220. The average Bonchev–Trinajstić information content (AvgIpc) is 4.26. The minimum absolute atomic E-state index is 0. The summed E-state index contributed by atoms with van der Waals surface area (Å²) in [5, 5.41) is 7.89. The molecule has 0 aliphatic carbocycles. The van der Waals surface area contributed by atoms with Crippen molar-refractivity contribution in [1.82, 2.24) is 14.5 Å². The van der Waals surface area contributed by atoms with Gasteiger partial charge < -0.3 is 14.0 Å². The van der Waals surface area contributed by atoms with Gasteiger partial charge in [-0.25, -0.2) is 0 Å². The van der Waals surface area contributed by atoms with Crippen molar-refractivity contribution in [3.05, 3.63) is 217 Å². The van der Waals surface area contributed by atoms with Crippen LogP contribution in [0, 0.1) is 25.8 Å². The van der Waals surface area contributed by atoms with Crippen molar-refractivity contribution < 1.29 is 32.7 Å². The van der Waals surface area contributed by atoms with Crippen LogP contribution < -0.4 is 5.19 Å². The third-order valence-electron chi connectivity index (χ3n) is 13.9. The van der Waals surface area contributed by atoms with E-state index in [1.807, 2.05) is 72.9 Å². The Bertz CT molecular complexity index is 4190. The third-order valence-corrected chi connectivity index (χ3v) is 15.9. The first-order chi connectivity index (χ1) is 37.2. The second kappa shape index (κ2) is 20.0. The predicted octanol–water partition coefficient (Wildman–Crippen LogP) is 18.0. The third kappa shape index (κ3) is 9.29. The number of nitrogens with zero attached hydrogens (tertiary/aromatic N) is 3. The summed E-state index contributed by atoms with van der Waals surface area (Å²) in [5.41, 5.74) is 12.5. The second-order valence-electron chi connectivity index (χ2n) is 20.4. The van der Waals surface area contributed by atoms with Gasteiger partial charge in [-0.05, 0) is 115 Å². The summed E-state index contributed by atoms with van der Waals surface area (Å²) < 4.78 is 58.4. The van der Waals surface area contributed by atoms with Gasteiger partial charge in [0.15, 0.2) is 0 Å². The number of aryl methyl sites for hydroxylation is 2. The van der Waals surface area contributed by atoms with E-state index >= 15 is 0 Å². The Labute approximate surface area is 452 Å². The number of imidazole rings is 1. The molecule has 0 aliphatic heterocycles. The van der Waals surface area contributed by atoms with Gasteiger partial charge in [-0.3, -0.25) is 4.98 Å². The molecule has 4 nitrogen and oxygen atoms in total. The van der Waals surface area contributed by atoms with E-state index in [0.717, 1.165) is 71.9 Å². The van der Waals surface area contributed by atoms with Crippen molar-refractivity contribution in [2.75, 3.05) is 0 Å². The molecule has 12 aromatic rings. The van der Waals surface area contributed by atoms with Gasteiger partial charge in [-0.15, -0.1) is 47.5 Å². The van der Waals surface area contributed by atoms with Crippen molar-refractivity contribution in [2.45, 2.75) is 72.9 Å². The molecule has 0 bridgehead atoms. The molecule has 12 rings (SSSR count). The number of hydrogen-bond acceptors (Lipinski definition) is 3. The van der Waals surface area contributed by atoms with Gasteiger partial charge in [-0.1, -0.05) is 192 Å². The maximum atomic E-state index is 8.65. The molecule has 0 fully saturated rings. The molecule has 363 valence electrons. The first-order valence-corrected chi connectivity index (χ1v) is 28.3. The SMILES string of the molecule is [2H]C([2H])([2H])c1c[c-]c(-c2ccc([Si](C)(C)C)cn2)cc1-c1ccccc1.[2H]C([2H])([2H])c1cccc2nc(-c3[c-]ccc4c3oc3cc5c(ccc6ccccc65)cc34)n(-c3c(C(C)C)cc(-c4ccccc4)cc3C(C)C)c12.[Ir]. The number of fused-ring (bicyclic) bond motifs is 7. The van der Waals surface area contributed by atoms with E-state index in [0.29, 0.717) is 39.1 Å². The molecule has 6 heteroatoms. The Morgan fingerprint density at radius 1 is 0.603 bits per heavy atom. The van der Waals surface area contributed by atoms with Crippen LogP contribution in [-0.2, 0) is 20.1 Å². The van der Waals surface area contributed by atoms with E-state index < -0.39 is 21.8 Å². The minimum Gasteiger partial charge on any atom is -0.501 e. The Kier molecular flexibility index (Phi) is 11.6. The first-order valence-electron chi connectivity index (χ1n) is 27.8. The molecular weight excluding hydrogens is 1080 g/mol. The number of benzene rings is 9. The summed E-state index contributed by atoms with van der Waals surface area (Å²) in [6, 6.07) is 65.2. The number of aromatic nitrogens is 3. The molecule has 0 amide bonds. The molecule has 0 atom stereocenters. The molecule has 3 aromatic heterocycles. The van der Waals surface area contributed by atoms with Crippen LogP contribution >= 0.6 is 0 Å². The van der Waals surface area contributed by atoms with Crippen molar-refractivity contribution in [3.63, 3.8) is 0 Å². The normalized spacial score (nSPS) is 13.3. The summed E-state index contributed by atoms with van der Waals surface area (Å²) in [7, 11) is -1.40. The standard InChI is InChI=1S/C46H37N2O.C21H22NSi.Ir/c1-27(2)37-24-33(30-14-7-6-8-15-30)25-38(28(3)4)44(37)48-43-29(5)13-11-20-41(43)47-46(48)36-19-12-18-35-40-23-32-22-21-31-16-9-10-17-34(31)39(32)26-42(40)49-45(35)36;1-16-10-11-18(14-20(16)17-8-6-5-7-9-17)21-13-12-19(15-22-21)23(2,3)4;/h6-18,20-28H,1-5H3;5-10,12-15H,1-4H3;/q2*-1;/i5D3;1D3;. The fourth-order valence-corrected chi connectivity index (χ4v) is 11.1. The number of para-hydroxylation sites is 1. The Hall–Kier alpha value is -7.21. The van der Waals surface area contributed by atoms with Gasteiger partial charge in [0.05, 0.1) is 30.5 Å². The first kappa shape index (κ1) is 42.3. The van der Waals surface area contributed by atoms with Gasteiger partial charge in [-0.2, -0.15) is 0 Å². The largest absolute Gasteiger partial charge is 0.501 e. The quantitative estimate of drug-likeness (QED) is 0.0865. The van der Waals surface area contributed by atoms with E-state index in [2.05, 4.69) is 160 Å². The summed E-state index contributed by atoms with van der Waals surface area (Å²) in [6.07, 6.45) is 1.94. The van der Waals surface area contributed by atoms with Crippen molar-refractivity contribution in [2.24, 2.45) is 0 Å². The van der Waals surface area contributed by atoms with Crippen LogP contribution in [0.5, 0.6) is 0 Å². The zero-order valence-corrected chi connectivity index (χ0v) is 45.5. The van der Waals surface area contributed by atoms with E-state index in [1.54, 1.807) is 18.2 Å². The van der Waals surface area contributed by atoms with Crippen LogP contribution in [0.25, 0.3) is 105 Å². The molecule has 0 saturated heterocycles. The fraction of sp³-hybridized carbons (Fsp3) is 0.164. The molecule has 3 heterocycles. The van der Waals surface area contributed by atoms with Gasteiger partial charge in [0.25, 0.3) is 0 Å². The fourth-order valence-electron chi connectivity index (χ4n) is 10.0.